The van der Waals surface area contributed by atoms with E-state index in [-0.39, 0.29) is 37.5 Å². The molecule has 0 saturated heterocycles. The quantitative estimate of drug-likeness (QED) is 0.0205. The molecule has 0 aliphatic rings. The van der Waals surface area contributed by atoms with Gasteiger partial charge >= 0.3 is 17.9 Å². The molecule has 0 aliphatic heterocycles. The van der Waals surface area contributed by atoms with Crippen molar-refractivity contribution >= 4 is 17.9 Å². The van der Waals surface area contributed by atoms with E-state index in [4.69, 9.17) is 14.2 Å². The monoisotopic (exact) mass is 765 g/mol. The van der Waals surface area contributed by atoms with E-state index in [1.54, 1.807) is 0 Å². The van der Waals surface area contributed by atoms with E-state index in [0.29, 0.717) is 19.3 Å². The largest absolute Gasteiger partial charge is 0.462 e. The van der Waals surface area contributed by atoms with Gasteiger partial charge in [-0.3, -0.25) is 14.4 Å². The molecule has 0 aliphatic carbocycles. The second-order valence-corrected chi connectivity index (χ2v) is 14.3. The highest BCUT2D eigenvalue weighted by molar-refractivity contribution is 5.71. The lowest BCUT2D eigenvalue weighted by Gasteiger charge is -2.18. The lowest BCUT2D eigenvalue weighted by atomic mass is 10.0. The standard InChI is InChI=1S/C49H80O6/c1-4-7-10-13-16-19-22-25-28-30-33-36-39-42-48(51)54-45-46(55-49(52)43-40-37-34-31-27-24-21-18-15-12-9-6-3)44-53-47(50)41-38-35-32-29-26-23-20-17-14-11-8-5-2/h7,9-10,12-13,16,18-19,21-22,25,28,30,33,46H,4-6,8,11,14-15,17,20,23-24,26-27,29,31-32,34-45H2,1-3H3/b10-7-,12-9-,16-13-,21-18-,22-19-,28-25-,33-30-. The normalized spacial score (nSPS) is 12.9. The Morgan fingerprint density at radius 1 is 0.400 bits per heavy atom. The highest BCUT2D eigenvalue weighted by Crippen LogP contribution is 2.14. The van der Waals surface area contributed by atoms with Crippen molar-refractivity contribution in [2.24, 2.45) is 0 Å². The molecule has 6 nitrogen and oxygen atoms in total. The minimum atomic E-state index is -0.808. The number of hydrogen-bond donors (Lipinski definition) is 0. The second kappa shape index (κ2) is 43.3. The zero-order valence-electron chi connectivity index (χ0n) is 35.4. The lowest BCUT2D eigenvalue weighted by Crippen LogP contribution is -2.30. The van der Waals surface area contributed by atoms with E-state index in [9.17, 15) is 14.4 Å². The minimum Gasteiger partial charge on any atom is -0.462 e. The zero-order valence-corrected chi connectivity index (χ0v) is 35.4. The summed E-state index contributed by atoms with van der Waals surface area (Å²) in [4.78, 5) is 37.7. The molecular formula is C49H80O6. The topological polar surface area (TPSA) is 78.9 Å². The van der Waals surface area contributed by atoms with Crippen molar-refractivity contribution in [3.8, 4) is 0 Å². The van der Waals surface area contributed by atoms with Gasteiger partial charge in [0.1, 0.15) is 13.2 Å². The van der Waals surface area contributed by atoms with Crippen molar-refractivity contribution in [3.05, 3.63) is 85.1 Å². The molecule has 0 aromatic rings. The molecule has 0 fully saturated rings. The third kappa shape index (κ3) is 41.6. The van der Waals surface area contributed by atoms with Crippen molar-refractivity contribution in [3.63, 3.8) is 0 Å². The van der Waals surface area contributed by atoms with E-state index in [2.05, 4.69) is 51.2 Å². The average molecular weight is 765 g/mol. The Hall–Kier alpha value is -3.41. The van der Waals surface area contributed by atoms with Crippen LogP contribution < -0.4 is 0 Å². The predicted octanol–water partition coefficient (Wildman–Crippen LogP) is 14.1. The molecule has 55 heavy (non-hydrogen) atoms. The fraction of sp³-hybridized carbons (Fsp3) is 0.653. The van der Waals surface area contributed by atoms with Crippen LogP contribution in [0.15, 0.2) is 85.1 Å². The zero-order chi connectivity index (χ0) is 40.1. The SMILES string of the molecule is CC\C=C/C=C\C=C/C=C\C=C/CCCC(=O)OCC(COC(=O)CCCCCCCCCCCCCC)OC(=O)CCCCCCC/C=C\C/C=C\CC. The van der Waals surface area contributed by atoms with Gasteiger partial charge in [0, 0.05) is 19.3 Å². The van der Waals surface area contributed by atoms with Crippen molar-refractivity contribution in [1.29, 1.82) is 0 Å². The molecule has 0 N–H and O–H groups in total. The van der Waals surface area contributed by atoms with Crippen LogP contribution in [0.3, 0.4) is 0 Å². The first-order chi connectivity index (χ1) is 27.0. The van der Waals surface area contributed by atoms with Crippen LogP contribution in [0.5, 0.6) is 0 Å². The number of ether oxygens (including phenoxy) is 3. The number of hydrogen-bond acceptors (Lipinski definition) is 6. The van der Waals surface area contributed by atoms with Gasteiger partial charge in [0.2, 0.25) is 0 Å². The molecule has 0 aromatic heterocycles. The van der Waals surface area contributed by atoms with E-state index >= 15 is 0 Å². The number of carbonyl (C=O) groups excluding carboxylic acids is 3. The smallest absolute Gasteiger partial charge is 0.306 e. The maximum atomic E-state index is 12.7. The van der Waals surface area contributed by atoms with Gasteiger partial charge in [-0.1, -0.05) is 196 Å². The molecule has 0 rings (SSSR count). The molecule has 312 valence electrons. The first-order valence-corrected chi connectivity index (χ1v) is 22.2. The number of allylic oxidation sites excluding steroid dienone is 14. The first kappa shape index (κ1) is 51.6. The van der Waals surface area contributed by atoms with Crippen LogP contribution in [0.1, 0.15) is 188 Å². The molecule has 0 spiro atoms. The molecular weight excluding hydrogens is 685 g/mol. The number of rotatable bonds is 38. The average Bonchev–Trinajstić information content (AvgIpc) is 3.18. The minimum absolute atomic E-state index is 0.105. The van der Waals surface area contributed by atoms with Gasteiger partial charge in [-0.2, -0.15) is 0 Å². The van der Waals surface area contributed by atoms with Crippen LogP contribution in [0.4, 0.5) is 0 Å². The predicted molar refractivity (Wildman–Crippen MR) is 233 cm³/mol. The van der Waals surface area contributed by atoms with Gasteiger partial charge in [0.05, 0.1) is 0 Å². The van der Waals surface area contributed by atoms with E-state index in [1.165, 1.54) is 57.8 Å². The third-order valence-electron chi connectivity index (χ3n) is 9.02. The van der Waals surface area contributed by atoms with Crippen LogP contribution >= 0.6 is 0 Å². The highest BCUT2D eigenvalue weighted by Gasteiger charge is 2.19. The van der Waals surface area contributed by atoms with Crippen LogP contribution in [-0.2, 0) is 28.6 Å². The summed E-state index contributed by atoms with van der Waals surface area (Å²) in [7, 11) is 0. The Balaban J connectivity index is 4.52. The maximum absolute atomic E-state index is 12.7. The Kier molecular flexibility index (Phi) is 40.6. The summed E-state index contributed by atoms with van der Waals surface area (Å²) in [6, 6.07) is 0. The summed E-state index contributed by atoms with van der Waals surface area (Å²) < 4.78 is 16.6. The van der Waals surface area contributed by atoms with Crippen molar-refractivity contribution < 1.29 is 28.6 Å². The summed E-state index contributed by atoms with van der Waals surface area (Å²) in [5.74, 6) is -1.01. The number of esters is 3. The summed E-state index contributed by atoms with van der Waals surface area (Å²) >= 11 is 0. The van der Waals surface area contributed by atoms with Gasteiger partial charge in [0.15, 0.2) is 6.10 Å². The Labute approximate surface area is 337 Å². The van der Waals surface area contributed by atoms with Crippen LogP contribution in [0.2, 0.25) is 0 Å². The maximum Gasteiger partial charge on any atom is 0.306 e. The second-order valence-electron chi connectivity index (χ2n) is 14.3. The van der Waals surface area contributed by atoms with Gasteiger partial charge in [-0.15, -0.1) is 0 Å². The van der Waals surface area contributed by atoms with Crippen LogP contribution in [-0.4, -0.2) is 37.2 Å². The Morgan fingerprint density at radius 3 is 1.36 bits per heavy atom. The summed E-state index contributed by atoms with van der Waals surface area (Å²) in [5.41, 5.74) is 0. The first-order valence-electron chi connectivity index (χ1n) is 22.2. The molecule has 0 bridgehead atoms. The fourth-order valence-electron chi connectivity index (χ4n) is 5.74. The molecule has 0 aromatic carbocycles. The van der Waals surface area contributed by atoms with Gasteiger partial charge in [-0.25, -0.2) is 0 Å². The van der Waals surface area contributed by atoms with E-state index in [1.807, 2.05) is 54.7 Å². The molecule has 0 heterocycles. The summed E-state index contributed by atoms with van der Waals surface area (Å²) in [6.07, 6.45) is 54.3. The van der Waals surface area contributed by atoms with Gasteiger partial charge < -0.3 is 14.2 Å². The van der Waals surface area contributed by atoms with E-state index in [0.717, 1.165) is 83.5 Å². The summed E-state index contributed by atoms with van der Waals surface area (Å²) in [6.45, 7) is 6.28. The Morgan fingerprint density at radius 2 is 0.818 bits per heavy atom. The molecule has 1 unspecified atom stereocenters. The van der Waals surface area contributed by atoms with Crippen LogP contribution in [0.25, 0.3) is 0 Å². The lowest BCUT2D eigenvalue weighted by molar-refractivity contribution is -0.167. The van der Waals surface area contributed by atoms with Crippen molar-refractivity contribution in [2.75, 3.05) is 13.2 Å². The third-order valence-corrected chi connectivity index (χ3v) is 9.02. The number of unbranched alkanes of at least 4 members (excludes halogenated alkanes) is 17. The fourth-order valence-corrected chi connectivity index (χ4v) is 5.74. The van der Waals surface area contributed by atoms with Crippen LogP contribution in [0, 0.1) is 0 Å². The highest BCUT2D eigenvalue weighted by atomic mass is 16.6. The molecule has 0 amide bonds. The van der Waals surface area contributed by atoms with E-state index < -0.39 is 6.10 Å². The number of carbonyl (C=O) groups is 3. The Bertz CT molecular complexity index is 1110. The molecule has 0 saturated carbocycles. The molecule has 6 heteroatoms. The van der Waals surface area contributed by atoms with Crippen molar-refractivity contribution in [1.82, 2.24) is 0 Å². The molecule has 1 atom stereocenters. The van der Waals surface area contributed by atoms with Crippen molar-refractivity contribution in [2.45, 2.75) is 194 Å². The molecule has 0 radical (unpaired) electrons. The van der Waals surface area contributed by atoms with Gasteiger partial charge in [0.25, 0.3) is 0 Å². The summed E-state index contributed by atoms with van der Waals surface area (Å²) in [5, 5.41) is 0. The van der Waals surface area contributed by atoms with Gasteiger partial charge in [-0.05, 0) is 57.8 Å².